The van der Waals surface area contributed by atoms with Crippen molar-refractivity contribution in [2.24, 2.45) is 5.92 Å². The van der Waals surface area contributed by atoms with Gasteiger partial charge in [0, 0.05) is 7.34 Å². The number of carbonyl (C=O) groups excluding carboxylic acids is 1. The number of likely N-dealkylation sites (N-methyl/N-ethyl adjacent to an activating group) is 1. The number of Topliss-reactive ketones (excluding diaryl/α,β-unsaturated/α-hetero) is 1. The average Bonchev–Trinajstić information content (AvgIpc) is 2.43. The third kappa shape index (κ3) is 3.21. The molecule has 0 radical (unpaired) electrons. The lowest BCUT2D eigenvalue weighted by Crippen LogP contribution is -2.38. The topological polar surface area (TPSA) is 29.1 Å². The van der Waals surface area contributed by atoms with Crippen LogP contribution < -0.4 is 5.32 Å². The molecule has 1 N–H and O–H groups in total. The molecule has 0 saturated carbocycles. The van der Waals surface area contributed by atoms with Crippen LogP contribution in [0.2, 0.25) is 0 Å². The van der Waals surface area contributed by atoms with Crippen LogP contribution in [-0.2, 0) is 11.2 Å². The Morgan fingerprint density at radius 3 is 2.47 bits per heavy atom. The van der Waals surface area contributed by atoms with Crippen molar-refractivity contribution in [3.05, 3.63) is 48.0 Å². The summed E-state index contributed by atoms with van der Waals surface area (Å²) in [5.41, 5.74) is 1.20. The third-order valence-corrected chi connectivity index (χ3v) is 3.51. The number of benzene rings is 2. The monoisotopic (exact) mass is 257 g/mol. The molecule has 0 saturated heterocycles. The molecule has 2 aromatic rings. The van der Waals surface area contributed by atoms with E-state index in [1.165, 1.54) is 16.3 Å². The predicted octanol–water partition coefficient (Wildman–Crippen LogP) is 3.44. The summed E-state index contributed by atoms with van der Waals surface area (Å²) in [4.78, 5) is 12.1. The van der Waals surface area contributed by atoms with E-state index < -0.39 is 0 Å². The Bertz CT molecular complexity index is 580. The summed E-state index contributed by atoms with van der Waals surface area (Å²) >= 11 is 0. The fourth-order valence-electron chi connectivity index (χ4n) is 2.35. The summed E-state index contributed by atoms with van der Waals surface area (Å²) in [6.07, 6.45) is 0.748. The molecule has 102 valence electrons. The van der Waals surface area contributed by atoms with Crippen LogP contribution in [-0.4, -0.2) is 18.9 Å². The van der Waals surface area contributed by atoms with E-state index in [2.05, 4.69) is 35.6 Å². The van der Waals surface area contributed by atoms with Crippen molar-refractivity contribution < 1.29 is 6.22 Å². The smallest absolute Gasteiger partial charge is 0.152 e. The van der Waals surface area contributed by atoms with E-state index in [0.717, 1.165) is 6.42 Å². The molecule has 0 heterocycles. The van der Waals surface area contributed by atoms with Gasteiger partial charge in [0.1, 0.15) is 0 Å². The predicted molar refractivity (Wildman–Crippen MR) is 82.5 cm³/mol. The fraction of sp³-hybridized carbons (Fsp3) is 0.353. The molecule has 2 rings (SSSR count). The van der Waals surface area contributed by atoms with E-state index in [4.69, 9.17) is 0 Å². The second kappa shape index (κ2) is 5.98. The Labute approximate surface area is 116 Å². The van der Waals surface area contributed by atoms with Crippen LogP contribution >= 0.6 is 0 Å². The largest absolute Gasteiger partial charge is 0.310 e. The Hall–Kier alpha value is -1.67. The maximum atomic E-state index is 12.1. The highest BCUT2D eigenvalue weighted by Crippen LogP contribution is 2.17. The zero-order chi connectivity index (χ0) is 13.8. The number of ketones is 1. The van der Waals surface area contributed by atoms with Crippen molar-refractivity contribution in [1.29, 1.82) is 0 Å². The first-order valence-electron chi connectivity index (χ1n) is 6.80. The SMILES string of the molecule is CNC(Cc1ccc2ccccc2c1)C(=O)C(C)C.[HH]. The molecule has 0 aliphatic rings. The zero-order valence-electron chi connectivity index (χ0n) is 11.8. The second-order valence-electron chi connectivity index (χ2n) is 5.28. The van der Waals surface area contributed by atoms with Gasteiger partial charge in [-0.05, 0) is 29.8 Å². The van der Waals surface area contributed by atoms with Crippen molar-refractivity contribution in [1.82, 2.24) is 5.32 Å². The zero-order valence-corrected chi connectivity index (χ0v) is 11.8. The minimum atomic E-state index is -0.0961. The maximum absolute atomic E-state index is 12.1. The molecule has 0 amide bonds. The van der Waals surface area contributed by atoms with Crippen LogP contribution in [0.1, 0.15) is 20.8 Å². The van der Waals surface area contributed by atoms with Crippen LogP contribution in [0.25, 0.3) is 10.8 Å². The van der Waals surface area contributed by atoms with Gasteiger partial charge < -0.3 is 5.32 Å². The number of carbonyl (C=O) groups is 1. The fourth-order valence-corrected chi connectivity index (χ4v) is 2.35. The van der Waals surface area contributed by atoms with Gasteiger partial charge in [0.2, 0.25) is 0 Å². The van der Waals surface area contributed by atoms with E-state index in [1.807, 2.05) is 33.0 Å². The first-order valence-corrected chi connectivity index (χ1v) is 6.80. The Morgan fingerprint density at radius 2 is 1.84 bits per heavy atom. The molecule has 0 aromatic heterocycles. The van der Waals surface area contributed by atoms with E-state index in [0.29, 0.717) is 0 Å². The first-order chi connectivity index (χ1) is 9.11. The minimum absolute atomic E-state index is 0. The molecular formula is C17H23NO. The summed E-state index contributed by atoms with van der Waals surface area (Å²) in [6, 6.07) is 14.6. The Balaban J connectivity index is 0.00000200. The van der Waals surface area contributed by atoms with Gasteiger partial charge in [-0.25, -0.2) is 0 Å². The molecule has 19 heavy (non-hydrogen) atoms. The van der Waals surface area contributed by atoms with Crippen LogP contribution in [0.4, 0.5) is 0 Å². The van der Waals surface area contributed by atoms with Crippen molar-refractivity contribution >= 4 is 16.6 Å². The average molecular weight is 257 g/mol. The standard InChI is InChI=1S/C17H21NO.H2/c1-12(2)17(19)16(18-3)11-13-8-9-14-6-4-5-7-15(14)10-13;/h4-10,12,16,18H,11H2,1-3H3;1H. The highest BCUT2D eigenvalue weighted by Gasteiger charge is 2.19. The normalized spacial score (nSPS) is 12.8. The number of hydrogen-bond acceptors (Lipinski definition) is 2. The van der Waals surface area contributed by atoms with Crippen LogP contribution in [0.5, 0.6) is 0 Å². The summed E-state index contributed by atoms with van der Waals surface area (Å²) in [5.74, 6) is 0.341. The van der Waals surface area contributed by atoms with Gasteiger partial charge in [-0.15, -0.1) is 0 Å². The third-order valence-electron chi connectivity index (χ3n) is 3.51. The molecule has 0 bridgehead atoms. The van der Waals surface area contributed by atoms with Gasteiger partial charge in [-0.1, -0.05) is 56.3 Å². The molecule has 1 unspecified atom stereocenters. The summed E-state index contributed by atoms with van der Waals surface area (Å²) < 4.78 is 0. The molecular weight excluding hydrogens is 234 g/mol. The van der Waals surface area contributed by atoms with Crippen LogP contribution in [0, 0.1) is 5.92 Å². The second-order valence-corrected chi connectivity index (χ2v) is 5.28. The molecule has 2 nitrogen and oxygen atoms in total. The molecule has 0 spiro atoms. The van der Waals surface area contributed by atoms with Crippen LogP contribution in [0.15, 0.2) is 42.5 Å². The van der Waals surface area contributed by atoms with Crippen molar-refractivity contribution in [3.63, 3.8) is 0 Å². The van der Waals surface area contributed by atoms with E-state index in [1.54, 1.807) is 0 Å². The lowest BCUT2D eigenvalue weighted by Gasteiger charge is -2.17. The first kappa shape index (κ1) is 13.8. The van der Waals surface area contributed by atoms with Crippen molar-refractivity contribution in [2.75, 3.05) is 7.05 Å². The summed E-state index contributed by atoms with van der Waals surface area (Å²) in [7, 11) is 1.85. The van der Waals surface area contributed by atoms with Crippen LogP contribution in [0.3, 0.4) is 0 Å². The lowest BCUT2D eigenvalue weighted by molar-refractivity contribution is -0.123. The van der Waals surface area contributed by atoms with Gasteiger partial charge >= 0.3 is 0 Å². The Morgan fingerprint density at radius 1 is 1.16 bits per heavy atom. The van der Waals surface area contributed by atoms with Crippen molar-refractivity contribution in [3.8, 4) is 0 Å². The van der Waals surface area contributed by atoms with E-state index in [9.17, 15) is 4.79 Å². The quantitative estimate of drug-likeness (QED) is 0.889. The molecule has 2 heteroatoms. The van der Waals surface area contributed by atoms with Gasteiger partial charge in [0.15, 0.2) is 5.78 Å². The number of hydrogen-bond donors (Lipinski definition) is 1. The molecule has 2 aromatic carbocycles. The Kier molecular flexibility index (Phi) is 4.33. The van der Waals surface area contributed by atoms with Gasteiger partial charge in [0.05, 0.1) is 6.04 Å². The minimum Gasteiger partial charge on any atom is -0.310 e. The highest BCUT2D eigenvalue weighted by molar-refractivity contribution is 5.86. The number of rotatable bonds is 5. The maximum Gasteiger partial charge on any atom is 0.152 e. The highest BCUT2D eigenvalue weighted by atomic mass is 16.1. The molecule has 0 fully saturated rings. The number of fused-ring (bicyclic) bond motifs is 1. The molecule has 0 aliphatic heterocycles. The van der Waals surface area contributed by atoms with Gasteiger partial charge in [-0.2, -0.15) is 0 Å². The van der Waals surface area contributed by atoms with Crippen molar-refractivity contribution in [2.45, 2.75) is 26.3 Å². The summed E-state index contributed by atoms with van der Waals surface area (Å²) in [5, 5.41) is 5.60. The van der Waals surface area contributed by atoms with Gasteiger partial charge in [-0.3, -0.25) is 4.79 Å². The lowest BCUT2D eigenvalue weighted by atomic mass is 9.95. The number of nitrogens with one attached hydrogen (secondary N) is 1. The van der Waals surface area contributed by atoms with E-state index >= 15 is 0 Å². The van der Waals surface area contributed by atoms with E-state index in [-0.39, 0.29) is 19.2 Å². The molecule has 1 atom stereocenters. The molecule has 0 aliphatic carbocycles. The summed E-state index contributed by atoms with van der Waals surface area (Å²) in [6.45, 7) is 3.90. The van der Waals surface area contributed by atoms with Gasteiger partial charge in [0.25, 0.3) is 0 Å².